The molecule has 6 heteroatoms. The molecule has 0 aliphatic carbocycles. The fourth-order valence-electron chi connectivity index (χ4n) is 1.77. The second kappa shape index (κ2) is 6.33. The lowest BCUT2D eigenvalue weighted by atomic mass is 10.2. The molecule has 0 saturated carbocycles. The molecule has 2 aromatic rings. The predicted molar refractivity (Wildman–Crippen MR) is 83.4 cm³/mol. The number of rotatable bonds is 4. The number of nitrogens with zero attached hydrogens (tertiary/aromatic N) is 2. The number of aromatic nitrogens is 2. The van der Waals surface area contributed by atoms with E-state index in [-0.39, 0.29) is 11.2 Å². The third kappa shape index (κ3) is 3.35. The average Bonchev–Trinajstić information content (AvgIpc) is 2.44. The molecule has 0 atom stereocenters. The predicted octanol–water partition coefficient (Wildman–Crippen LogP) is 2.17. The standard InChI is InChI=1S/C14H15ClN2O2S/c1-16-12(7-13(18)17(2)14(16)19)9-20-8-10-3-5-11(15)6-4-10/h3-7H,8-9H2,1-2H3. The second-order valence-electron chi connectivity index (χ2n) is 4.49. The Hall–Kier alpha value is -1.46. The number of hydrogen-bond acceptors (Lipinski definition) is 3. The van der Waals surface area contributed by atoms with Crippen molar-refractivity contribution in [1.29, 1.82) is 0 Å². The van der Waals surface area contributed by atoms with Gasteiger partial charge in [-0.05, 0) is 17.7 Å². The molecule has 2 rings (SSSR count). The molecule has 0 aliphatic heterocycles. The van der Waals surface area contributed by atoms with Gasteiger partial charge in [-0.15, -0.1) is 0 Å². The Morgan fingerprint density at radius 2 is 1.70 bits per heavy atom. The van der Waals surface area contributed by atoms with Crippen LogP contribution in [0.2, 0.25) is 5.02 Å². The van der Waals surface area contributed by atoms with Crippen LogP contribution in [0.5, 0.6) is 0 Å². The average molecular weight is 311 g/mol. The summed E-state index contributed by atoms with van der Waals surface area (Å²) in [6, 6.07) is 9.16. The second-order valence-corrected chi connectivity index (χ2v) is 5.92. The van der Waals surface area contributed by atoms with Crippen molar-refractivity contribution in [2.75, 3.05) is 0 Å². The molecule has 0 spiro atoms. The van der Waals surface area contributed by atoms with Crippen LogP contribution in [-0.2, 0) is 25.6 Å². The highest BCUT2D eigenvalue weighted by Crippen LogP contribution is 2.18. The summed E-state index contributed by atoms with van der Waals surface area (Å²) in [6.07, 6.45) is 0. The zero-order chi connectivity index (χ0) is 14.7. The van der Waals surface area contributed by atoms with Crippen LogP contribution in [0.1, 0.15) is 11.3 Å². The molecule has 0 bridgehead atoms. The smallest absolute Gasteiger partial charge is 0.300 e. The van der Waals surface area contributed by atoms with Crippen molar-refractivity contribution >= 4 is 23.4 Å². The summed E-state index contributed by atoms with van der Waals surface area (Å²) < 4.78 is 2.61. The van der Waals surface area contributed by atoms with E-state index in [0.717, 1.165) is 21.6 Å². The van der Waals surface area contributed by atoms with Crippen LogP contribution in [0, 0.1) is 0 Å². The van der Waals surface area contributed by atoms with Crippen molar-refractivity contribution in [3.63, 3.8) is 0 Å². The van der Waals surface area contributed by atoms with Gasteiger partial charge < -0.3 is 0 Å². The molecular formula is C14H15ClN2O2S. The maximum absolute atomic E-state index is 11.8. The Kier molecular flexibility index (Phi) is 4.73. The van der Waals surface area contributed by atoms with Crippen molar-refractivity contribution in [3.8, 4) is 0 Å². The van der Waals surface area contributed by atoms with Crippen LogP contribution < -0.4 is 11.2 Å². The van der Waals surface area contributed by atoms with E-state index in [1.807, 2.05) is 24.3 Å². The van der Waals surface area contributed by atoms with Crippen LogP contribution >= 0.6 is 23.4 Å². The summed E-state index contributed by atoms with van der Waals surface area (Å²) in [6.45, 7) is 0. The van der Waals surface area contributed by atoms with Gasteiger partial charge in [-0.1, -0.05) is 23.7 Å². The number of hydrogen-bond donors (Lipinski definition) is 0. The first kappa shape index (κ1) is 14.9. The quantitative estimate of drug-likeness (QED) is 0.869. The van der Waals surface area contributed by atoms with Gasteiger partial charge in [0.15, 0.2) is 0 Å². The lowest BCUT2D eigenvalue weighted by molar-refractivity contribution is 0.665. The largest absolute Gasteiger partial charge is 0.330 e. The summed E-state index contributed by atoms with van der Waals surface area (Å²) in [5.41, 5.74) is 1.33. The molecule has 1 aromatic heterocycles. The molecule has 0 saturated heterocycles. The maximum Gasteiger partial charge on any atom is 0.330 e. The lowest BCUT2D eigenvalue weighted by Gasteiger charge is -2.09. The monoisotopic (exact) mass is 310 g/mol. The van der Waals surface area contributed by atoms with Crippen LogP contribution in [0.3, 0.4) is 0 Å². The Bertz CT molecular complexity index is 719. The fraction of sp³-hybridized carbons (Fsp3) is 0.286. The molecule has 20 heavy (non-hydrogen) atoms. The molecule has 0 amide bonds. The van der Waals surface area contributed by atoms with E-state index in [4.69, 9.17) is 11.6 Å². The zero-order valence-electron chi connectivity index (χ0n) is 11.3. The van der Waals surface area contributed by atoms with E-state index in [2.05, 4.69) is 0 Å². The van der Waals surface area contributed by atoms with Gasteiger partial charge in [-0.3, -0.25) is 13.9 Å². The van der Waals surface area contributed by atoms with Gasteiger partial charge in [0.1, 0.15) is 0 Å². The van der Waals surface area contributed by atoms with E-state index in [0.29, 0.717) is 10.8 Å². The molecule has 4 nitrogen and oxygen atoms in total. The van der Waals surface area contributed by atoms with Crippen molar-refractivity contribution < 1.29 is 0 Å². The maximum atomic E-state index is 11.8. The highest BCUT2D eigenvalue weighted by Gasteiger charge is 2.05. The Labute approximate surface area is 126 Å². The lowest BCUT2D eigenvalue weighted by Crippen LogP contribution is -2.37. The topological polar surface area (TPSA) is 44.0 Å². The molecule has 0 N–H and O–H groups in total. The fourth-order valence-corrected chi connectivity index (χ4v) is 2.91. The van der Waals surface area contributed by atoms with Crippen molar-refractivity contribution in [2.24, 2.45) is 14.1 Å². The molecule has 0 radical (unpaired) electrons. The van der Waals surface area contributed by atoms with E-state index < -0.39 is 0 Å². The minimum atomic E-state index is -0.292. The molecule has 1 aromatic carbocycles. The van der Waals surface area contributed by atoms with Crippen LogP contribution in [-0.4, -0.2) is 9.13 Å². The first-order valence-corrected chi connectivity index (χ1v) is 7.60. The molecule has 106 valence electrons. The Morgan fingerprint density at radius 1 is 1.05 bits per heavy atom. The van der Waals surface area contributed by atoms with Gasteiger partial charge in [0.25, 0.3) is 5.56 Å². The van der Waals surface area contributed by atoms with Crippen molar-refractivity contribution in [3.05, 3.63) is 67.4 Å². The molecule has 0 fully saturated rings. The molecular weight excluding hydrogens is 296 g/mol. The van der Waals surface area contributed by atoms with Crippen LogP contribution in [0.25, 0.3) is 0 Å². The van der Waals surface area contributed by atoms with Crippen LogP contribution in [0.4, 0.5) is 0 Å². The molecule has 0 unspecified atom stereocenters. The SMILES string of the molecule is Cn1c(CSCc2ccc(Cl)cc2)cc(=O)n(C)c1=O. The van der Waals surface area contributed by atoms with Gasteiger partial charge in [-0.25, -0.2) is 4.79 Å². The summed E-state index contributed by atoms with van der Waals surface area (Å²) >= 11 is 7.48. The van der Waals surface area contributed by atoms with Crippen LogP contribution in [0.15, 0.2) is 39.9 Å². The van der Waals surface area contributed by atoms with Crippen molar-refractivity contribution in [1.82, 2.24) is 9.13 Å². The molecule has 1 heterocycles. The Morgan fingerprint density at radius 3 is 2.35 bits per heavy atom. The van der Waals surface area contributed by atoms with Crippen molar-refractivity contribution in [2.45, 2.75) is 11.5 Å². The van der Waals surface area contributed by atoms with Gasteiger partial charge in [-0.2, -0.15) is 11.8 Å². The van der Waals surface area contributed by atoms with E-state index >= 15 is 0 Å². The minimum absolute atomic E-state index is 0.268. The minimum Gasteiger partial charge on any atom is -0.300 e. The summed E-state index contributed by atoms with van der Waals surface area (Å²) in [7, 11) is 3.16. The first-order valence-electron chi connectivity index (χ1n) is 6.07. The Balaban J connectivity index is 2.07. The summed E-state index contributed by atoms with van der Waals surface area (Å²) in [5, 5.41) is 0.715. The number of thioether (sulfide) groups is 1. The van der Waals surface area contributed by atoms with Gasteiger partial charge in [0, 0.05) is 42.4 Å². The zero-order valence-corrected chi connectivity index (χ0v) is 12.9. The van der Waals surface area contributed by atoms with E-state index in [9.17, 15) is 9.59 Å². The van der Waals surface area contributed by atoms with E-state index in [1.54, 1.807) is 18.8 Å². The summed E-state index contributed by atoms with van der Waals surface area (Å²) in [5.74, 6) is 1.42. The third-order valence-electron chi connectivity index (χ3n) is 3.06. The summed E-state index contributed by atoms with van der Waals surface area (Å²) in [4.78, 5) is 23.4. The number of halogens is 1. The number of benzene rings is 1. The van der Waals surface area contributed by atoms with E-state index in [1.165, 1.54) is 17.7 Å². The highest BCUT2D eigenvalue weighted by atomic mass is 35.5. The first-order chi connectivity index (χ1) is 9.49. The normalized spacial score (nSPS) is 10.8. The highest BCUT2D eigenvalue weighted by molar-refractivity contribution is 7.97. The molecule has 0 aliphatic rings. The van der Waals surface area contributed by atoms with Gasteiger partial charge in [0.05, 0.1) is 0 Å². The van der Waals surface area contributed by atoms with Gasteiger partial charge in [0.2, 0.25) is 0 Å². The van der Waals surface area contributed by atoms with Gasteiger partial charge >= 0.3 is 5.69 Å². The third-order valence-corrected chi connectivity index (χ3v) is 4.35.